The highest BCUT2D eigenvalue weighted by Gasteiger charge is 2.15. The first kappa shape index (κ1) is 14.9. The first-order valence-electron chi connectivity index (χ1n) is 7.45. The third-order valence-corrected chi connectivity index (χ3v) is 4.93. The summed E-state index contributed by atoms with van der Waals surface area (Å²) < 4.78 is 3.15. The Morgan fingerprint density at radius 2 is 2.05 bits per heavy atom. The molecule has 1 aliphatic carbocycles. The summed E-state index contributed by atoms with van der Waals surface area (Å²) in [5.41, 5.74) is 2.06. The molecule has 0 saturated heterocycles. The largest absolute Gasteiger partial charge is 0.378 e. The zero-order chi connectivity index (χ0) is 14.7. The van der Waals surface area contributed by atoms with Crippen molar-refractivity contribution in [3.05, 3.63) is 45.7 Å². The minimum absolute atomic E-state index is 0.588. The number of anilines is 1. The van der Waals surface area contributed by atoms with Crippen LogP contribution in [-0.2, 0) is 6.54 Å². The molecule has 1 heterocycles. The Morgan fingerprint density at radius 1 is 1.24 bits per heavy atom. The Morgan fingerprint density at radius 3 is 2.86 bits per heavy atom. The molecule has 0 atom stereocenters. The number of hydrogen-bond acceptors (Lipinski definition) is 2. The maximum absolute atomic E-state index is 6.02. The van der Waals surface area contributed by atoms with E-state index in [2.05, 4.69) is 38.2 Å². The van der Waals surface area contributed by atoms with Gasteiger partial charge in [0.25, 0.3) is 0 Å². The van der Waals surface area contributed by atoms with Gasteiger partial charge in [0.1, 0.15) is 0 Å². The Kier molecular flexibility index (Phi) is 4.86. The van der Waals surface area contributed by atoms with Crippen molar-refractivity contribution in [2.45, 2.75) is 44.7 Å². The van der Waals surface area contributed by atoms with Gasteiger partial charge in [-0.15, -0.1) is 0 Å². The second kappa shape index (κ2) is 6.84. The van der Waals surface area contributed by atoms with E-state index in [1.807, 2.05) is 18.2 Å². The molecule has 0 bridgehead atoms. The minimum Gasteiger partial charge on any atom is -0.378 e. The van der Waals surface area contributed by atoms with E-state index in [1.165, 1.54) is 32.1 Å². The van der Waals surface area contributed by atoms with Crippen molar-refractivity contribution < 1.29 is 0 Å². The molecule has 2 aromatic rings. The molecule has 1 aromatic heterocycles. The lowest BCUT2D eigenvalue weighted by molar-refractivity contribution is 0.328. The first-order valence-corrected chi connectivity index (χ1v) is 8.62. The van der Waals surface area contributed by atoms with Gasteiger partial charge in [-0.25, -0.2) is 0 Å². The van der Waals surface area contributed by atoms with Gasteiger partial charge in [-0.05, 0) is 53.0 Å². The number of benzene rings is 1. The van der Waals surface area contributed by atoms with Crippen molar-refractivity contribution in [2.24, 2.45) is 0 Å². The zero-order valence-corrected chi connectivity index (χ0v) is 14.2. The standard InChI is InChI=1S/C16H19BrClN3/c17-15-7-6-12(18)10-16(15)19-11-13-8-9-21(20-13)14-4-2-1-3-5-14/h6-10,14,19H,1-5,11H2. The highest BCUT2D eigenvalue weighted by atomic mass is 79.9. The molecule has 0 unspecified atom stereocenters. The van der Waals surface area contributed by atoms with Crippen LogP contribution in [0, 0.1) is 0 Å². The average molecular weight is 369 g/mol. The predicted octanol–water partition coefficient (Wildman–Crippen LogP) is 5.42. The van der Waals surface area contributed by atoms with Gasteiger partial charge in [0.05, 0.1) is 24.0 Å². The summed E-state index contributed by atoms with van der Waals surface area (Å²) in [6.45, 7) is 0.707. The highest BCUT2D eigenvalue weighted by Crippen LogP contribution is 2.28. The third kappa shape index (κ3) is 3.80. The van der Waals surface area contributed by atoms with E-state index in [4.69, 9.17) is 16.7 Å². The van der Waals surface area contributed by atoms with Crippen LogP contribution in [0.5, 0.6) is 0 Å². The van der Waals surface area contributed by atoms with Crippen LogP contribution in [0.4, 0.5) is 5.69 Å². The lowest BCUT2D eigenvalue weighted by atomic mass is 9.96. The summed E-state index contributed by atoms with van der Waals surface area (Å²) in [6, 6.07) is 8.43. The van der Waals surface area contributed by atoms with Gasteiger partial charge in [0.2, 0.25) is 0 Å². The number of rotatable bonds is 4. The van der Waals surface area contributed by atoms with Crippen molar-refractivity contribution in [2.75, 3.05) is 5.32 Å². The molecule has 3 rings (SSSR count). The lowest BCUT2D eigenvalue weighted by Crippen LogP contribution is -2.13. The van der Waals surface area contributed by atoms with Crippen LogP contribution >= 0.6 is 27.5 Å². The summed E-state index contributed by atoms with van der Waals surface area (Å²) in [5.74, 6) is 0. The van der Waals surface area contributed by atoms with E-state index in [9.17, 15) is 0 Å². The van der Waals surface area contributed by atoms with Crippen LogP contribution in [0.3, 0.4) is 0 Å². The van der Waals surface area contributed by atoms with Crippen molar-refractivity contribution in [1.82, 2.24) is 9.78 Å². The summed E-state index contributed by atoms with van der Waals surface area (Å²) >= 11 is 9.55. The second-order valence-electron chi connectivity index (χ2n) is 5.56. The molecule has 1 aliphatic rings. The van der Waals surface area contributed by atoms with Crippen LogP contribution < -0.4 is 5.32 Å². The quantitative estimate of drug-likeness (QED) is 0.781. The fraction of sp³-hybridized carbons (Fsp3) is 0.438. The molecule has 0 aliphatic heterocycles. The third-order valence-electron chi connectivity index (χ3n) is 4.00. The summed E-state index contributed by atoms with van der Waals surface area (Å²) in [4.78, 5) is 0. The van der Waals surface area contributed by atoms with E-state index in [0.717, 1.165) is 20.9 Å². The van der Waals surface area contributed by atoms with E-state index in [-0.39, 0.29) is 0 Å². The van der Waals surface area contributed by atoms with Gasteiger partial charge >= 0.3 is 0 Å². The average Bonchev–Trinajstić information content (AvgIpc) is 2.98. The van der Waals surface area contributed by atoms with Crippen molar-refractivity contribution in [3.63, 3.8) is 0 Å². The maximum atomic E-state index is 6.02. The minimum atomic E-state index is 0.588. The van der Waals surface area contributed by atoms with E-state index < -0.39 is 0 Å². The van der Waals surface area contributed by atoms with E-state index in [0.29, 0.717) is 12.6 Å². The van der Waals surface area contributed by atoms with Gasteiger partial charge in [0.15, 0.2) is 0 Å². The Labute approximate surface area is 138 Å². The SMILES string of the molecule is Clc1ccc(Br)c(NCc2ccn(C3CCCCC3)n2)c1. The molecule has 1 fully saturated rings. The van der Waals surface area contributed by atoms with E-state index in [1.54, 1.807) is 0 Å². The van der Waals surface area contributed by atoms with Gasteiger partial charge < -0.3 is 5.32 Å². The lowest BCUT2D eigenvalue weighted by Gasteiger charge is -2.21. The predicted molar refractivity (Wildman–Crippen MR) is 90.8 cm³/mol. The van der Waals surface area contributed by atoms with Crippen molar-refractivity contribution in [3.8, 4) is 0 Å². The number of halogens is 2. The van der Waals surface area contributed by atoms with Crippen LogP contribution in [-0.4, -0.2) is 9.78 Å². The molecule has 1 N–H and O–H groups in total. The molecule has 0 amide bonds. The molecule has 1 aromatic carbocycles. The molecule has 21 heavy (non-hydrogen) atoms. The summed E-state index contributed by atoms with van der Waals surface area (Å²) in [7, 11) is 0. The maximum Gasteiger partial charge on any atom is 0.0815 e. The molecule has 0 spiro atoms. The first-order chi connectivity index (χ1) is 10.2. The summed E-state index contributed by atoms with van der Waals surface area (Å²) in [6.07, 6.45) is 8.65. The monoisotopic (exact) mass is 367 g/mol. The Balaban J connectivity index is 1.63. The van der Waals surface area contributed by atoms with Gasteiger partial charge in [-0.1, -0.05) is 30.9 Å². The fourth-order valence-corrected chi connectivity index (χ4v) is 3.40. The number of hydrogen-bond donors (Lipinski definition) is 1. The molecule has 0 radical (unpaired) electrons. The van der Waals surface area contributed by atoms with Crippen LogP contribution in [0.15, 0.2) is 34.9 Å². The number of nitrogens with one attached hydrogen (secondary N) is 1. The molecular weight excluding hydrogens is 350 g/mol. The van der Waals surface area contributed by atoms with Gasteiger partial charge in [-0.3, -0.25) is 4.68 Å². The molecule has 5 heteroatoms. The molecule has 1 saturated carbocycles. The topological polar surface area (TPSA) is 29.9 Å². The van der Waals surface area contributed by atoms with Gasteiger partial charge in [0, 0.05) is 15.7 Å². The smallest absolute Gasteiger partial charge is 0.0815 e. The molecular formula is C16H19BrClN3. The highest BCUT2D eigenvalue weighted by molar-refractivity contribution is 9.10. The van der Waals surface area contributed by atoms with E-state index >= 15 is 0 Å². The van der Waals surface area contributed by atoms with Crippen LogP contribution in [0.1, 0.15) is 43.8 Å². The summed E-state index contributed by atoms with van der Waals surface area (Å²) in [5, 5.41) is 8.82. The van der Waals surface area contributed by atoms with Crippen LogP contribution in [0.25, 0.3) is 0 Å². The van der Waals surface area contributed by atoms with Crippen molar-refractivity contribution in [1.29, 1.82) is 0 Å². The molecule has 112 valence electrons. The Bertz CT molecular complexity index is 605. The zero-order valence-electron chi connectivity index (χ0n) is 11.9. The number of nitrogens with zero attached hydrogens (tertiary/aromatic N) is 2. The van der Waals surface area contributed by atoms with Crippen LogP contribution in [0.2, 0.25) is 5.02 Å². The normalized spacial score (nSPS) is 16.1. The second-order valence-corrected chi connectivity index (χ2v) is 6.85. The Hall–Kier alpha value is -1.00. The van der Waals surface area contributed by atoms with Crippen molar-refractivity contribution >= 4 is 33.2 Å². The van der Waals surface area contributed by atoms with Gasteiger partial charge in [-0.2, -0.15) is 5.10 Å². The molecule has 3 nitrogen and oxygen atoms in total. The number of aromatic nitrogens is 2. The fourth-order valence-electron chi connectivity index (χ4n) is 2.84.